The van der Waals surface area contributed by atoms with E-state index in [4.69, 9.17) is 0 Å². The zero-order valence-corrected chi connectivity index (χ0v) is 14.7. The Balaban J connectivity index is 2.42. The quantitative estimate of drug-likeness (QED) is 0.688. The van der Waals surface area contributed by atoms with Gasteiger partial charge in [-0.1, -0.05) is 27.7 Å². The lowest BCUT2D eigenvalue weighted by Gasteiger charge is -2.34. The van der Waals surface area contributed by atoms with Crippen LogP contribution in [0.25, 0.3) is 0 Å². The van der Waals surface area contributed by atoms with Crippen LogP contribution in [0.5, 0.6) is 0 Å². The van der Waals surface area contributed by atoms with Crippen molar-refractivity contribution in [1.82, 2.24) is 5.32 Å². The summed E-state index contributed by atoms with van der Waals surface area (Å²) in [6.07, 6.45) is -0.0964. The Hall–Kier alpha value is -1.46. The first-order valence-electron chi connectivity index (χ1n) is 8.08. The van der Waals surface area contributed by atoms with E-state index in [2.05, 4.69) is 10.6 Å². The standard InChI is InChI=1S/C18H29FN2O2/c1-12(2)17(23)18(4,5)11-20-13(3)10-16(22)21-15-8-6-14(19)7-9-15/h6-9,12-13,17,20,23H,10-11H2,1-5H3,(H,21,22). The number of hydrogen-bond acceptors (Lipinski definition) is 3. The van der Waals surface area contributed by atoms with Crippen molar-refractivity contribution in [3.05, 3.63) is 30.1 Å². The molecular formula is C18H29FN2O2. The fourth-order valence-corrected chi connectivity index (χ4v) is 2.54. The third-order valence-electron chi connectivity index (χ3n) is 3.96. The maximum absolute atomic E-state index is 12.8. The average molecular weight is 324 g/mol. The highest BCUT2D eigenvalue weighted by Crippen LogP contribution is 2.25. The van der Waals surface area contributed by atoms with Crippen molar-refractivity contribution in [2.24, 2.45) is 11.3 Å². The molecule has 0 saturated carbocycles. The van der Waals surface area contributed by atoms with Crippen LogP contribution in [0.1, 0.15) is 41.0 Å². The maximum atomic E-state index is 12.8. The van der Waals surface area contributed by atoms with Gasteiger partial charge in [-0.05, 0) is 37.1 Å². The summed E-state index contributed by atoms with van der Waals surface area (Å²) in [5.41, 5.74) is 0.315. The molecule has 0 aliphatic heterocycles. The van der Waals surface area contributed by atoms with Crippen LogP contribution in [-0.4, -0.2) is 29.7 Å². The number of hydrogen-bond donors (Lipinski definition) is 3. The average Bonchev–Trinajstić information content (AvgIpc) is 2.46. The lowest BCUT2D eigenvalue weighted by molar-refractivity contribution is -0.116. The second kappa shape index (κ2) is 8.41. The van der Waals surface area contributed by atoms with E-state index in [-0.39, 0.29) is 29.1 Å². The third-order valence-corrected chi connectivity index (χ3v) is 3.96. The van der Waals surface area contributed by atoms with E-state index < -0.39 is 6.10 Å². The van der Waals surface area contributed by atoms with Gasteiger partial charge >= 0.3 is 0 Å². The van der Waals surface area contributed by atoms with E-state index in [1.54, 1.807) is 0 Å². The Labute approximate surface area is 138 Å². The number of nitrogens with one attached hydrogen (secondary N) is 2. The number of benzene rings is 1. The van der Waals surface area contributed by atoms with Crippen molar-refractivity contribution in [2.45, 2.75) is 53.2 Å². The molecule has 0 radical (unpaired) electrons. The molecule has 23 heavy (non-hydrogen) atoms. The molecule has 1 aromatic rings. The van der Waals surface area contributed by atoms with E-state index >= 15 is 0 Å². The molecule has 4 nitrogen and oxygen atoms in total. The van der Waals surface area contributed by atoms with Gasteiger partial charge in [-0.2, -0.15) is 0 Å². The third kappa shape index (κ3) is 6.67. The second-order valence-electron chi connectivity index (χ2n) is 7.22. The number of aliphatic hydroxyl groups excluding tert-OH is 1. The number of amides is 1. The van der Waals surface area contributed by atoms with Crippen molar-refractivity contribution in [1.29, 1.82) is 0 Å². The van der Waals surface area contributed by atoms with Crippen LogP contribution < -0.4 is 10.6 Å². The van der Waals surface area contributed by atoms with Crippen LogP contribution in [0.15, 0.2) is 24.3 Å². The summed E-state index contributed by atoms with van der Waals surface area (Å²) < 4.78 is 12.8. The van der Waals surface area contributed by atoms with Gasteiger partial charge < -0.3 is 15.7 Å². The van der Waals surface area contributed by atoms with Crippen molar-refractivity contribution in [3.63, 3.8) is 0 Å². The molecule has 1 rings (SSSR count). The monoisotopic (exact) mass is 324 g/mol. The fourth-order valence-electron chi connectivity index (χ4n) is 2.54. The van der Waals surface area contributed by atoms with Gasteiger partial charge in [0, 0.05) is 30.1 Å². The molecule has 3 N–H and O–H groups in total. The molecule has 1 amide bonds. The minimum atomic E-state index is -0.407. The van der Waals surface area contributed by atoms with Crippen molar-refractivity contribution >= 4 is 11.6 Å². The molecule has 2 atom stereocenters. The Morgan fingerprint density at radius 3 is 2.30 bits per heavy atom. The van der Waals surface area contributed by atoms with Gasteiger partial charge in [0.1, 0.15) is 5.82 Å². The Morgan fingerprint density at radius 1 is 1.22 bits per heavy atom. The van der Waals surface area contributed by atoms with Gasteiger partial charge in [-0.25, -0.2) is 4.39 Å². The van der Waals surface area contributed by atoms with Crippen molar-refractivity contribution < 1.29 is 14.3 Å². The molecule has 0 saturated heterocycles. The molecule has 0 heterocycles. The predicted molar refractivity (Wildman–Crippen MR) is 91.7 cm³/mol. The zero-order valence-electron chi connectivity index (χ0n) is 14.7. The van der Waals surface area contributed by atoms with Crippen LogP contribution in [0, 0.1) is 17.2 Å². The fraction of sp³-hybridized carbons (Fsp3) is 0.611. The maximum Gasteiger partial charge on any atom is 0.225 e. The molecule has 1 aromatic carbocycles. The van der Waals surface area contributed by atoms with Crippen molar-refractivity contribution in [3.8, 4) is 0 Å². The van der Waals surface area contributed by atoms with E-state index in [0.29, 0.717) is 18.7 Å². The van der Waals surface area contributed by atoms with Gasteiger partial charge in [0.05, 0.1) is 6.10 Å². The minimum absolute atomic E-state index is 0.0194. The topological polar surface area (TPSA) is 61.4 Å². The minimum Gasteiger partial charge on any atom is -0.392 e. The van der Waals surface area contributed by atoms with E-state index in [1.165, 1.54) is 24.3 Å². The van der Waals surface area contributed by atoms with Gasteiger partial charge in [0.2, 0.25) is 5.91 Å². The number of carbonyl (C=O) groups excluding carboxylic acids is 1. The summed E-state index contributed by atoms with van der Waals surface area (Å²) in [5, 5.41) is 16.3. The molecule has 0 aliphatic rings. The summed E-state index contributed by atoms with van der Waals surface area (Å²) in [4.78, 5) is 12.0. The van der Waals surface area contributed by atoms with E-state index in [0.717, 1.165) is 0 Å². The Kier molecular flexibility index (Phi) is 7.16. The lowest BCUT2D eigenvalue weighted by Crippen LogP contribution is -2.44. The normalized spacial score (nSPS) is 14.6. The highest BCUT2D eigenvalue weighted by Gasteiger charge is 2.30. The molecule has 0 bridgehead atoms. The second-order valence-corrected chi connectivity index (χ2v) is 7.22. The molecule has 2 unspecified atom stereocenters. The molecule has 130 valence electrons. The number of rotatable bonds is 8. The Bertz CT molecular complexity index is 500. The van der Waals surface area contributed by atoms with Crippen LogP contribution >= 0.6 is 0 Å². The molecule has 0 aromatic heterocycles. The predicted octanol–water partition coefficient (Wildman–Crippen LogP) is 3.18. The molecule has 5 heteroatoms. The van der Waals surface area contributed by atoms with E-state index in [9.17, 15) is 14.3 Å². The van der Waals surface area contributed by atoms with E-state index in [1.807, 2.05) is 34.6 Å². The summed E-state index contributed by atoms with van der Waals surface area (Å²) in [6.45, 7) is 10.6. The summed E-state index contributed by atoms with van der Waals surface area (Å²) in [7, 11) is 0. The summed E-state index contributed by atoms with van der Waals surface area (Å²) in [6, 6.07) is 5.68. The zero-order chi connectivity index (χ0) is 17.6. The molecule has 0 fully saturated rings. The van der Waals surface area contributed by atoms with Gasteiger partial charge in [0.25, 0.3) is 0 Å². The van der Waals surface area contributed by atoms with Crippen LogP contribution in [-0.2, 0) is 4.79 Å². The van der Waals surface area contributed by atoms with Gasteiger partial charge in [0.15, 0.2) is 0 Å². The number of carbonyl (C=O) groups is 1. The smallest absolute Gasteiger partial charge is 0.225 e. The SMILES string of the molecule is CC(CC(=O)Nc1ccc(F)cc1)NCC(C)(C)C(O)C(C)C. The number of aliphatic hydroxyl groups is 1. The highest BCUT2D eigenvalue weighted by atomic mass is 19.1. The lowest BCUT2D eigenvalue weighted by atomic mass is 9.80. The van der Waals surface area contributed by atoms with Crippen molar-refractivity contribution in [2.75, 3.05) is 11.9 Å². The van der Waals surface area contributed by atoms with Crippen LogP contribution in [0.3, 0.4) is 0 Å². The largest absolute Gasteiger partial charge is 0.392 e. The molecule has 0 aliphatic carbocycles. The van der Waals surface area contributed by atoms with Crippen LogP contribution in [0.2, 0.25) is 0 Å². The van der Waals surface area contributed by atoms with Crippen LogP contribution in [0.4, 0.5) is 10.1 Å². The first-order valence-corrected chi connectivity index (χ1v) is 8.08. The highest BCUT2D eigenvalue weighted by molar-refractivity contribution is 5.91. The number of anilines is 1. The first kappa shape index (κ1) is 19.6. The number of halogens is 1. The van der Waals surface area contributed by atoms with Gasteiger partial charge in [-0.3, -0.25) is 4.79 Å². The van der Waals surface area contributed by atoms with Gasteiger partial charge in [-0.15, -0.1) is 0 Å². The molecular weight excluding hydrogens is 295 g/mol. The first-order chi connectivity index (χ1) is 10.6. The summed E-state index contributed by atoms with van der Waals surface area (Å²) >= 11 is 0. The summed E-state index contributed by atoms with van der Waals surface area (Å²) in [5.74, 6) is -0.272. The Morgan fingerprint density at radius 2 is 1.78 bits per heavy atom. The molecule has 0 spiro atoms.